The summed E-state index contributed by atoms with van der Waals surface area (Å²) in [6.07, 6.45) is 4.52. The molecular weight excluding hydrogens is 408 g/mol. The number of hydrogen-bond donors (Lipinski definition) is 1. The second kappa shape index (κ2) is 13.1. The van der Waals surface area contributed by atoms with Gasteiger partial charge in [0, 0.05) is 44.6 Å². The number of allylic oxidation sites excluding steroid dienone is 1. The number of hydrogen-bond acceptors (Lipinski definition) is 5. The molecule has 0 spiro atoms. The molecule has 7 nitrogen and oxygen atoms in total. The Kier molecular flexibility index (Phi) is 10.9. The van der Waals surface area contributed by atoms with Crippen molar-refractivity contribution in [2.24, 2.45) is 29.6 Å². The zero-order valence-corrected chi connectivity index (χ0v) is 20.6. The van der Waals surface area contributed by atoms with Gasteiger partial charge < -0.3 is 14.2 Å². The first-order valence-electron chi connectivity index (χ1n) is 11.9. The second-order valence-electron chi connectivity index (χ2n) is 10.1. The van der Waals surface area contributed by atoms with Crippen LogP contribution in [0.1, 0.15) is 54.0 Å². The van der Waals surface area contributed by atoms with Crippen LogP contribution in [0.2, 0.25) is 0 Å². The first-order valence-corrected chi connectivity index (χ1v) is 11.9. The third-order valence-electron chi connectivity index (χ3n) is 5.50. The minimum absolute atomic E-state index is 0.121. The van der Waals surface area contributed by atoms with E-state index in [2.05, 4.69) is 52.6 Å². The molecule has 0 saturated carbocycles. The summed E-state index contributed by atoms with van der Waals surface area (Å²) in [4.78, 5) is 26.6. The monoisotopic (exact) mass is 450 g/mol. The van der Waals surface area contributed by atoms with Gasteiger partial charge in [-0.05, 0) is 35.7 Å². The van der Waals surface area contributed by atoms with Crippen LogP contribution < -0.4 is 11.2 Å². The van der Waals surface area contributed by atoms with Crippen molar-refractivity contribution in [3.8, 4) is 0 Å². The Labute approximate surface area is 192 Å². The minimum Gasteiger partial charge on any atom is -0.381 e. The highest BCUT2D eigenvalue weighted by Gasteiger charge is 2.38. The third-order valence-corrected chi connectivity index (χ3v) is 5.50. The van der Waals surface area contributed by atoms with Gasteiger partial charge in [-0.25, -0.2) is 4.79 Å². The van der Waals surface area contributed by atoms with E-state index in [1.165, 1.54) is 6.07 Å². The molecule has 0 aromatic carbocycles. The van der Waals surface area contributed by atoms with E-state index in [1.54, 1.807) is 10.8 Å². The summed E-state index contributed by atoms with van der Waals surface area (Å²) in [7, 11) is 0. The Bertz CT molecular complexity index is 824. The lowest BCUT2D eigenvalue weighted by molar-refractivity contribution is 0.0449. The van der Waals surface area contributed by atoms with Crippen molar-refractivity contribution >= 4 is 0 Å². The summed E-state index contributed by atoms with van der Waals surface area (Å²) in [6.45, 7) is 16.6. The Morgan fingerprint density at radius 2 is 1.56 bits per heavy atom. The molecule has 0 saturated heterocycles. The summed E-state index contributed by atoms with van der Waals surface area (Å²) < 4.78 is 19.6. The van der Waals surface area contributed by atoms with E-state index in [0.29, 0.717) is 57.4 Å². The topological polar surface area (TPSA) is 82.6 Å². The Morgan fingerprint density at radius 1 is 0.938 bits per heavy atom. The van der Waals surface area contributed by atoms with Crippen LogP contribution in [0, 0.1) is 29.6 Å². The quantitative estimate of drug-likeness (QED) is 0.346. The number of nitrogens with zero attached hydrogens (tertiary/aromatic N) is 1. The van der Waals surface area contributed by atoms with Crippen molar-refractivity contribution in [1.82, 2.24) is 9.55 Å². The van der Waals surface area contributed by atoms with Crippen molar-refractivity contribution in [3.63, 3.8) is 0 Å². The third kappa shape index (κ3) is 8.34. The molecule has 0 radical (unpaired) electrons. The molecule has 1 N–H and O–H groups in total. The van der Waals surface area contributed by atoms with Crippen LogP contribution in [0.5, 0.6) is 0 Å². The normalized spacial score (nSPS) is 21.2. The summed E-state index contributed by atoms with van der Waals surface area (Å²) in [5, 5.41) is 0. The van der Waals surface area contributed by atoms with Gasteiger partial charge in [0.1, 0.15) is 0 Å². The van der Waals surface area contributed by atoms with Gasteiger partial charge in [0.2, 0.25) is 0 Å². The van der Waals surface area contributed by atoms with Crippen molar-refractivity contribution in [2.45, 2.75) is 54.0 Å². The van der Waals surface area contributed by atoms with E-state index >= 15 is 0 Å². The molecule has 0 fully saturated rings. The fourth-order valence-electron chi connectivity index (χ4n) is 4.07. The first-order chi connectivity index (χ1) is 15.2. The number of aromatic amines is 1. The number of aromatic nitrogens is 2. The molecule has 0 bridgehead atoms. The Morgan fingerprint density at radius 3 is 2.19 bits per heavy atom. The maximum absolute atomic E-state index is 12.6. The highest BCUT2D eigenvalue weighted by molar-refractivity contribution is 5.22. The predicted molar refractivity (Wildman–Crippen MR) is 127 cm³/mol. The molecule has 3 atom stereocenters. The fourth-order valence-corrected chi connectivity index (χ4v) is 4.07. The average Bonchev–Trinajstić information content (AvgIpc) is 3.02. The van der Waals surface area contributed by atoms with Gasteiger partial charge in [-0.2, -0.15) is 0 Å². The van der Waals surface area contributed by atoms with Crippen molar-refractivity contribution in [1.29, 1.82) is 0 Å². The van der Waals surface area contributed by atoms with Gasteiger partial charge in [0.05, 0.1) is 19.3 Å². The minimum atomic E-state index is -0.391. The molecule has 1 aromatic heterocycles. The lowest BCUT2D eigenvalue weighted by Crippen LogP contribution is -2.35. The molecule has 0 amide bonds. The Hall–Kier alpha value is -1.70. The highest BCUT2D eigenvalue weighted by atomic mass is 16.5. The molecule has 1 aromatic rings. The molecule has 1 aliphatic carbocycles. The maximum Gasteiger partial charge on any atom is 0.328 e. The maximum atomic E-state index is 12.6. The van der Waals surface area contributed by atoms with Gasteiger partial charge in [-0.3, -0.25) is 14.3 Å². The standard InChI is InChI=1S/C25H42N2O5/c1-17(2)12-30-10-8-21-22(16-32-14-19(5)6)20(15-31-13-18(3)4)11-23(21)27-9-7-24(28)26-25(27)29/h7,9,11,17-19,21-23H,8,10,12-16H2,1-6H3,(H,26,28,29)/t21-,22-,23+/m1/s1. The van der Waals surface area contributed by atoms with Gasteiger partial charge in [-0.1, -0.05) is 47.6 Å². The van der Waals surface area contributed by atoms with E-state index in [0.717, 1.165) is 12.0 Å². The predicted octanol–water partition coefficient (Wildman–Crippen LogP) is 3.66. The SMILES string of the molecule is CC(C)COCC[C@@H]1[C@H](COCC(C)C)C(COCC(C)C)=C[C@@H]1n1ccc(=O)[nH]c1=O. The number of H-pyrrole nitrogens is 1. The molecule has 7 heteroatoms. The van der Waals surface area contributed by atoms with Crippen LogP contribution in [-0.2, 0) is 14.2 Å². The zero-order valence-electron chi connectivity index (χ0n) is 20.6. The van der Waals surface area contributed by atoms with Crippen LogP contribution in [-0.4, -0.2) is 49.2 Å². The van der Waals surface area contributed by atoms with Gasteiger partial charge in [-0.15, -0.1) is 0 Å². The summed E-state index contributed by atoms with van der Waals surface area (Å²) in [5.74, 6) is 1.62. The van der Waals surface area contributed by atoms with Crippen LogP contribution in [0.15, 0.2) is 33.5 Å². The summed E-state index contributed by atoms with van der Waals surface area (Å²) in [6, 6.07) is 1.23. The molecule has 182 valence electrons. The summed E-state index contributed by atoms with van der Waals surface area (Å²) >= 11 is 0. The lowest BCUT2D eigenvalue weighted by Gasteiger charge is -2.28. The molecule has 0 aliphatic heterocycles. The van der Waals surface area contributed by atoms with Crippen LogP contribution >= 0.6 is 0 Å². The van der Waals surface area contributed by atoms with Gasteiger partial charge in [0.25, 0.3) is 5.56 Å². The zero-order chi connectivity index (χ0) is 23.7. The molecule has 1 heterocycles. The van der Waals surface area contributed by atoms with Crippen molar-refractivity contribution in [2.75, 3.05) is 39.6 Å². The van der Waals surface area contributed by atoms with E-state index in [9.17, 15) is 9.59 Å². The van der Waals surface area contributed by atoms with Crippen molar-refractivity contribution < 1.29 is 14.2 Å². The number of rotatable bonds is 14. The Balaban J connectivity index is 2.28. The second-order valence-corrected chi connectivity index (χ2v) is 10.1. The highest BCUT2D eigenvalue weighted by Crippen LogP contribution is 2.41. The van der Waals surface area contributed by atoms with E-state index < -0.39 is 5.69 Å². The molecular formula is C25H42N2O5. The van der Waals surface area contributed by atoms with Crippen LogP contribution in [0.4, 0.5) is 0 Å². The number of ether oxygens (including phenoxy) is 3. The summed E-state index contributed by atoms with van der Waals surface area (Å²) in [5.41, 5.74) is 0.381. The van der Waals surface area contributed by atoms with Gasteiger partial charge >= 0.3 is 5.69 Å². The van der Waals surface area contributed by atoms with E-state index in [1.807, 2.05) is 0 Å². The molecule has 1 aliphatic rings. The molecule has 32 heavy (non-hydrogen) atoms. The smallest absolute Gasteiger partial charge is 0.328 e. The average molecular weight is 451 g/mol. The molecule has 0 unspecified atom stereocenters. The largest absolute Gasteiger partial charge is 0.381 e. The van der Waals surface area contributed by atoms with Crippen LogP contribution in [0.3, 0.4) is 0 Å². The fraction of sp³-hybridized carbons (Fsp3) is 0.760. The van der Waals surface area contributed by atoms with Gasteiger partial charge in [0.15, 0.2) is 0 Å². The van der Waals surface area contributed by atoms with Crippen molar-refractivity contribution in [3.05, 3.63) is 44.8 Å². The molecule has 2 rings (SSSR count). The van der Waals surface area contributed by atoms with E-state index in [-0.39, 0.29) is 23.4 Å². The lowest BCUT2D eigenvalue weighted by atomic mass is 9.87. The number of nitrogens with one attached hydrogen (secondary N) is 1. The first kappa shape index (κ1) is 26.6. The van der Waals surface area contributed by atoms with Crippen LogP contribution in [0.25, 0.3) is 0 Å². The van der Waals surface area contributed by atoms with E-state index in [4.69, 9.17) is 14.2 Å².